The van der Waals surface area contributed by atoms with Gasteiger partial charge in [0.15, 0.2) is 6.17 Å². The first-order valence-corrected chi connectivity index (χ1v) is 4.36. The van der Waals surface area contributed by atoms with Gasteiger partial charge < -0.3 is 0 Å². The molecule has 1 atom stereocenters. The number of unbranched alkanes of at least 4 members (excludes halogenated alkanes) is 2. The van der Waals surface area contributed by atoms with Gasteiger partial charge in [0.25, 0.3) is 0 Å². The fraction of sp³-hybridized carbons (Fsp3) is 1.00. The van der Waals surface area contributed by atoms with Crippen LogP contribution in [-0.2, 0) is 0 Å². The van der Waals surface area contributed by atoms with Gasteiger partial charge in [0.1, 0.15) is 0 Å². The second-order valence-corrected chi connectivity index (χ2v) is 3.69. The van der Waals surface area contributed by atoms with Crippen LogP contribution in [-0.4, -0.2) is 24.9 Å². The zero-order valence-corrected chi connectivity index (χ0v) is 8.01. The Morgan fingerprint density at radius 3 is 2.18 bits per heavy atom. The fourth-order valence-electron chi connectivity index (χ4n) is 0.936. The van der Waals surface area contributed by atoms with Crippen molar-refractivity contribution in [1.82, 2.24) is 0 Å². The van der Waals surface area contributed by atoms with Gasteiger partial charge in [0, 0.05) is 6.42 Å². The van der Waals surface area contributed by atoms with Crippen LogP contribution in [0.5, 0.6) is 0 Å². The first kappa shape index (κ1) is 10.9. The maximum atomic E-state index is 5.84. The minimum atomic E-state index is 0.0848. The Kier molecular flexibility index (Phi) is 4.65. The third kappa shape index (κ3) is 5.18. The molecule has 0 fully saturated rings. The van der Waals surface area contributed by atoms with E-state index in [1.165, 1.54) is 19.3 Å². The van der Waals surface area contributed by atoms with Crippen molar-refractivity contribution in [3.05, 3.63) is 0 Å². The SMILES string of the molecule is CCCCCC(N)[N+](C)(C)N. The molecule has 4 N–H and O–H groups in total. The van der Waals surface area contributed by atoms with Crippen LogP contribution in [0.4, 0.5) is 0 Å². The van der Waals surface area contributed by atoms with E-state index in [1.807, 2.05) is 14.1 Å². The van der Waals surface area contributed by atoms with Crippen LogP contribution >= 0.6 is 0 Å². The van der Waals surface area contributed by atoms with Crippen molar-refractivity contribution < 1.29 is 4.59 Å². The second-order valence-electron chi connectivity index (χ2n) is 3.69. The lowest BCUT2D eigenvalue weighted by atomic mass is 10.1. The summed E-state index contributed by atoms with van der Waals surface area (Å²) in [6.07, 6.45) is 4.80. The van der Waals surface area contributed by atoms with Crippen molar-refractivity contribution in [1.29, 1.82) is 0 Å². The maximum Gasteiger partial charge on any atom is 0.157 e. The van der Waals surface area contributed by atoms with Gasteiger partial charge in [0.2, 0.25) is 0 Å². The van der Waals surface area contributed by atoms with Crippen molar-refractivity contribution >= 4 is 0 Å². The van der Waals surface area contributed by atoms with Crippen LogP contribution in [0.3, 0.4) is 0 Å². The Bertz CT molecular complexity index is 96.0. The summed E-state index contributed by atoms with van der Waals surface area (Å²) in [5, 5.41) is 0. The number of nitrogens with zero attached hydrogens (tertiary/aromatic N) is 1. The van der Waals surface area contributed by atoms with Crippen molar-refractivity contribution in [2.75, 3.05) is 14.1 Å². The molecule has 0 aromatic heterocycles. The largest absolute Gasteiger partial charge is 0.280 e. The summed E-state index contributed by atoms with van der Waals surface area (Å²) in [5.74, 6) is 5.77. The predicted octanol–water partition coefficient (Wildman–Crippen LogP) is 0.802. The van der Waals surface area contributed by atoms with E-state index >= 15 is 0 Å². The minimum absolute atomic E-state index is 0.0848. The second kappa shape index (κ2) is 4.70. The lowest BCUT2D eigenvalue weighted by Gasteiger charge is -2.29. The van der Waals surface area contributed by atoms with E-state index in [9.17, 15) is 0 Å². The highest BCUT2D eigenvalue weighted by Gasteiger charge is 2.18. The maximum absolute atomic E-state index is 5.84. The van der Waals surface area contributed by atoms with Crippen molar-refractivity contribution in [2.24, 2.45) is 11.6 Å². The lowest BCUT2D eigenvalue weighted by molar-refractivity contribution is -0.927. The molecule has 1 unspecified atom stereocenters. The molecule has 3 heteroatoms. The quantitative estimate of drug-likeness (QED) is 0.205. The number of nitrogens with two attached hydrogens (primary N) is 2. The summed E-state index contributed by atoms with van der Waals surface area (Å²) in [6, 6.07) is 0. The van der Waals surface area contributed by atoms with Crippen LogP contribution in [0.15, 0.2) is 0 Å². The summed E-state index contributed by atoms with van der Waals surface area (Å²) in [5.41, 5.74) is 5.84. The molecular formula is C8H22N3+. The van der Waals surface area contributed by atoms with E-state index in [0.717, 1.165) is 6.42 Å². The van der Waals surface area contributed by atoms with Crippen molar-refractivity contribution in [3.63, 3.8) is 0 Å². The van der Waals surface area contributed by atoms with Gasteiger partial charge in [-0.15, -0.1) is 0 Å². The van der Waals surface area contributed by atoms with Crippen molar-refractivity contribution in [2.45, 2.75) is 38.8 Å². The average Bonchev–Trinajstić information content (AvgIpc) is 1.86. The van der Waals surface area contributed by atoms with Gasteiger partial charge in [-0.3, -0.25) is 5.73 Å². The Labute approximate surface area is 69.9 Å². The molecular weight excluding hydrogens is 138 g/mol. The molecule has 0 aromatic rings. The van der Waals surface area contributed by atoms with E-state index < -0.39 is 0 Å². The monoisotopic (exact) mass is 160 g/mol. The van der Waals surface area contributed by atoms with Crippen LogP contribution in [0.1, 0.15) is 32.6 Å². The Morgan fingerprint density at radius 1 is 1.27 bits per heavy atom. The first-order valence-electron chi connectivity index (χ1n) is 4.36. The molecule has 0 aliphatic heterocycles. The summed E-state index contributed by atoms with van der Waals surface area (Å²) >= 11 is 0. The molecule has 0 rings (SSSR count). The molecule has 3 nitrogen and oxygen atoms in total. The van der Waals surface area contributed by atoms with Gasteiger partial charge in [-0.2, -0.15) is 5.84 Å². The summed E-state index contributed by atoms with van der Waals surface area (Å²) < 4.78 is 0.379. The number of quaternary nitrogens is 1. The standard InChI is InChI=1S/C8H22N3/c1-4-5-6-7-8(9)11(2,3)10/h8H,4-7,9-10H2,1-3H3/q+1. The third-order valence-corrected chi connectivity index (χ3v) is 1.96. The van der Waals surface area contributed by atoms with E-state index in [-0.39, 0.29) is 6.17 Å². The number of rotatable bonds is 5. The summed E-state index contributed by atoms with van der Waals surface area (Å²) in [4.78, 5) is 0. The Morgan fingerprint density at radius 2 is 1.82 bits per heavy atom. The highest BCUT2D eigenvalue weighted by molar-refractivity contribution is 4.47. The van der Waals surface area contributed by atoms with Gasteiger partial charge >= 0.3 is 0 Å². The normalized spacial score (nSPS) is 15.0. The van der Waals surface area contributed by atoms with E-state index in [2.05, 4.69) is 6.92 Å². The Balaban J connectivity index is 3.44. The molecule has 11 heavy (non-hydrogen) atoms. The molecule has 0 saturated heterocycles. The van der Waals surface area contributed by atoms with Crippen LogP contribution in [0.25, 0.3) is 0 Å². The van der Waals surface area contributed by atoms with Crippen LogP contribution < -0.4 is 11.6 Å². The smallest absolute Gasteiger partial charge is 0.157 e. The molecule has 0 heterocycles. The van der Waals surface area contributed by atoms with Gasteiger partial charge in [-0.25, -0.2) is 4.59 Å². The molecule has 0 spiro atoms. The van der Waals surface area contributed by atoms with Crippen molar-refractivity contribution in [3.8, 4) is 0 Å². The van der Waals surface area contributed by atoms with Gasteiger partial charge in [-0.1, -0.05) is 19.8 Å². The zero-order valence-electron chi connectivity index (χ0n) is 8.01. The molecule has 0 aromatic carbocycles. The zero-order chi connectivity index (χ0) is 8.91. The topological polar surface area (TPSA) is 52.0 Å². The fourth-order valence-corrected chi connectivity index (χ4v) is 0.936. The molecule has 0 amide bonds. The average molecular weight is 160 g/mol. The van der Waals surface area contributed by atoms with Gasteiger partial charge in [0.05, 0.1) is 14.1 Å². The van der Waals surface area contributed by atoms with E-state index in [4.69, 9.17) is 11.6 Å². The molecule has 68 valence electrons. The molecule has 0 aliphatic rings. The highest BCUT2D eigenvalue weighted by atomic mass is 15.6. The van der Waals surface area contributed by atoms with E-state index in [0.29, 0.717) is 4.59 Å². The Hall–Kier alpha value is -0.120. The minimum Gasteiger partial charge on any atom is -0.280 e. The predicted molar refractivity (Wildman–Crippen MR) is 48.4 cm³/mol. The number of hydrogen-bond donors (Lipinski definition) is 2. The summed E-state index contributed by atoms with van der Waals surface area (Å²) in [6.45, 7) is 2.19. The first-order chi connectivity index (χ1) is 4.98. The van der Waals surface area contributed by atoms with Crippen LogP contribution in [0, 0.1) is 0 Å². The third-order valence-electron chi connectivity index (χ3n) is 1.96. The molecule has 0 radical (unpaired) electrons. The van der Waals surface area contributed by atoms with Crippen LogP contribution in [0.2, 0.25) is 0 Å². The van der Waals surface area contributed by atoms with E-state index in [1.54, 1.807) is 0 Å². The van der Waals surface area contributed by atoms with Gasteiger partial charge in [-0.05, 0) is 6.42 Å². The molecule has 0 aliphatic carbocycles. The highest BCUT2D eigenvalue weighted by Crippen LogP contribution is 2.05. The number of hydrogen-bond acceptors (Lipinski definition) is 2. The summed E-state index contributed by atoms with van der Waals surface area (Å²) in [7, 11) is 3.85. The lowest BCUT2D eigenvalue weighted by Crippen LogP contribution is -2.58. The molecule has 0 saturated carbocycles. The molecule has 0 bridgehead atoms.